The number of benzene rings is 1. The van der Waals surface area contributed by atoms with Crippen molar-refractivity contribution in [1.29, 1.82) is 0 Å². The number of rotatable bonds is 4. The number of carbonyl (C=O) groups is 1. The SMILES string of the molecule is O=C([O-])CCNc1ncnc2ccc(Br)cc12. The predicted octanol–water partition coefficient (Wildman–Crippen LogP) is 0.944. The van der Waals surface area contributed by atoms with E-state index in [1.165, 1.54) is 6.33 Å². The minimum Gasteiger partial charge on any atom is -0.550 e. The highest BCUT2D eigenvalue weighted by Crippen LogP contribution is 2.23. The van der Waals surface area contributed by atoms with Gasteiger partial charge in [0.15, 0.2) is 0 Å². The Bertz CT molecular complexity index is 559. The third-order valence-electron chi connectivity index (χ3n) is 2.22. The summed E-state index contributed by atoms with van der Waals surface area (Å²) in [5.74, 6) is -0.463. The molecule has 0 amide bonds. The van der Waals surface area contributed by atoms with Gasteiger partial charge in [0, 0.05) is 28.8 Å². The molecule has 17 heavy (non-hydrogen) atoms. The van der Waals surface area contributed by atoms with Crippen molar-refractivity contribution in [3.63, 3.8) is 0 Å². The van der Waals surface area contributed by atoms with Crippen LogP contribution in [0.15, 0.2) is 29.0 Å². The maximum Gasteiger partial charge on any atom is 0.137 e. The summed E-state index contributed by atoms with van der Waals surface area (Å²) in [7, 11) is 0. The number of nitrogens with zero attached hydrogens (tertiary/aromatic N) is 2. The molecule has 0 fully saturated rings. The average Bonchev–Trinajstić information content (AvgIpc) is 2.29. The fourth-order valence-electron chi connectivity index (χ4n) is 1.45. The topological polar surface area (TPSA) is 77.9 Å². The number of aromatic nitrogens is 2. The zero-order valence-electron chi connectivity index (χ0n) is 8.81. The molecule has 0 spiro atoms. The van der Waals surface area contributed by atoms with E-state index in [1.54, 1.807) is 0 Å². The molecule has 1 aromatic carbocycles. The van der Waals surface area contributed by atoms with Crippen LogP contribution in [-0.2, 0) is 4.79 Å². The summed E-state index contributed by atoms with van der Waals surface area (Å²) in [5.41, 5.74) is 0.805. The summed E-state index contributed by atoms with van der Waals surface area (Å²) in [4.78, 5) is 18.5. The number of hydrogen-bond acceptors (Lipinski definition) is 5. The molecule has 1 N–H and O–H groups in total. The number of aliphatic carboxylic acids is 1. The van der Waals surface area contributed by atoms with Gasteiger partial charge in [-0.3, -0.25) is 0 Å². The van der Waals surface area contributed by atoms with Crippen molar-refractivity contribution >= 4 is 38.6 Å². The molecule has 1 aromatic heterocycles. The minimum absolute atomic E-state index is 0.0561. The zero-order chi connectivity index (χ0) is 12.3. The molecule has 0 saturated carbocycles. The average molecular weight is 295 g/mol. The maximum absolute atomic E-state index is 10.3. The van der Waals surface area contributed by atoms with Gasteiger partial charge in [-0.15, -0.1) is 0 Å². The van der Waals surface area contributed by atoms with Crippen molar-refractivity contribution in [3.8, 4) is 0 Å². The Balaban J connectivity index is 2.27. The quantitative estimate of drug-likeness (QED) is 0.908. The van der Waals surface area contributed by atoms with Crippen LogP contribution in [0.3, 0.4) is 0 Å². The Kier molecular flexibility index (Phi) is 3.53. The summed E-state index contributed by atoms with van der Waals surface area (Å²) in [5, 5.41) is 14.1. The van der Waals surface area contributed by atoms with Crippen molar-refractivity contribution in [2.24, 2.45) is 0 Å². The van der Waals surface area contributed by atoms with Crippen molar-refractivity contribution in [3.05, 3.63) is 29.0 Å². The van der Waals surface area contributed by atoms with Gasteiger partial charge in [-0.2, -0.15) is 0 Å². The van der Waals surface area contributed by atoms with Crippen LogP contribution in [0.4, 0.5) is 5.82 Å². The largest absolute Gasteiger partial charge is 0.550 e. The van der Waals surface area contributed by atoms with E-state index in [0.29, 0.717) is 5.82 Å². The second kappa shape index (κ2) is 5.09. The summed E-state index contributed by atoms with van der Waals surface area (Å²) in [6.45, 7) is 0.279. The van der Waals surface area contributed by atoms with Crippen molar-refractivity contribution < 1.29 is 9.90 Å². The lowest BCUT2D eigenvalue weighted by atomic mass is 10.2. The van der Waals surface area contributed by atoms with E-state index in [9.17, 15) is 9.90 Å². The molecule has 0 bridgehead atoms. The van der Waals surface area contributed by atoms with Gasteiger partial charge in [0.1, 0.15) is 12.1 Å². The Morgan fingerprint density at radius 2 is 2.24 bits per heavy atom. The van der Waals surface area contributed by atoms with Gasteiger partial charge in [-0.25, -0.2) is 9.97 Å². The first-order valence-electron chi connectivity index (χ1n) is 5.01. The third-order valence-corrected chi connectivity index (χ3v) is 2.71. The molecule has 1 heterocycles. The number of carboxylic acid groups (broad SMARTS) is 1. The van der Waals surface area contributed by atoms with Gasteiger partial charge in [0.25, 0.3) is 0 Å². The van der Waals surface area contributed by atoms with Crippen molar-refractivity contribution in [2.45, 2.75) is 6.42 Å². The van der Waals surface area contributed by atoms with Gasteiger partial charge in [-0.1, -0.05) is 15.9 Å². The molecule has 2 rings (SSSR count). The second-order valence-corrected chi connectivity index (χ2v) is 4.35. The molecule has 88 valence electrons. The first kappa shape index (κ1) is 11.8. The van der Waals surface area contributed by atoms with E-state index in [4.69, 9.17) is 0 Å². The normalized spacial score (nSPS) is 10.4. The Hall–Kier alpha value is -1.69. The molecule has 0 radical (unpaired) electrons. The number of carbonyl (C=O) groups excluding carboxylic acids is 1. The van der Waals surface area contributed by atoms with Gasteiger partial charge in [0.2, 0.25) is 0 Å². The van der Waals surface area contributed by atoms with E-state index in [-0.39, 0.29) is 13.0 Å². The van der Waals surface area contributed by atoms with Crippen LogP contribution >= 0.6 is 15.9 Å². The predicted molar refractivity (Wildman–Crippen MR) is 65.4 cm³/mol. The molecular formula is C11H9BrN3O2-. The minimum atomic E-state index is -1.09. The summed E-state index contributed by atoms with van der Waals surface area (Å²) in [6.07, 6.45) is 1.39. The lowest BCUT2D eigenvalue weighted by molar-refractivity contribution is -0.305. The maximum atomic E-state index is 10.3. The summed E-state index contributed by atoms with van der Waals surface area (Å²) in [6, 6.07) is 5.64. The number of hydrogen-bond donors (Lipinski definition) is 1. The first-order chi connectivity index (χ1) is 8.16. The van der Waals surface area contributed by atoms with Gasteiger partial charge < -0.3 is 15.2 Å². The van der Waals surface area contributed by atoms with Gasteiger partial charge >= 0.3 is 0 Å². The lowest BCUT2D eigenvalue weighted by Crippen LogP contribution is -2.24. The van der Waals surface area contributed by atoms with Crippen LogP contribution in [-0.4, -0.2) is 22.5 Å². The molecule has 0 aliphatic rings. The van der Waals surface area contributed by atoms with E-state index >= 15 is 0 Å². The molecule has 0 aliphatic heterocycles. The number of anilines is 1. The van der Waals surface area contributed by atoms with Crippen LogP contribution in [0, 0.1) is 0 Å². The summed E-state index contributed by atoms with van der Waals surface area (Å²) < 4.78 is 0.919. The smallest absolute Gasteiger partial charge is 0.137 e. The fourth-order valence-corrected chi connectivity index (χ4v) is 1.81. The lowest BCUT2D eigenvalue weighted by Gasteiger charge is -2.08. The highest BCUT2D eigenvalue weighted by Gasteiger charge is 2.03. The number of carboxylic acids is 1. The summed E-state index contributed by atoms with van der Waals surface area (Å²) >= 11 is 3.37. The molecule has 0 unspecified atom stereocenters. The number of nitrogens with one attached hydrogen (secondary N) is 1. The van der Waals surface area contributed by atoms with E-state index in [1.807, 2.05) is 18.2 Å². The monoisotopic (exact) mass is 294 g/mol. The van der Waals surface area contributed by atoms with E-state index in [2.05, 4.69) is 31.2 Å². The van der Waals surface area contributed by atoms with E-state index in [0.717, 1.165) is 15.4 Å². The second-order valence-electron chi connectivity index (χ2n) is 3.43. The van der Waals surface area contributed by atoms with Crippen molar-refractivity contribution in [2.75, 3.05) is 11.9 Å². The Labute approximate surface area is 106 Å². The molecule has 6 heteroatoms. The number of fused-ring (bicyclic) bond motifs is 1. The first-order valence-corrected chi connectivity index (χ1v) is 5.80. The Morgan fingerprint density at radius 3 is 3.00 bits per heavy atom. The molecule has 2 aromatic rings. The third kappa shape index (κ3) is 2.91. The van der Waals surface area contributed by atoms with Gasteiger partial charge in [0.05, 0.1) is 5.52 Å². The van der Waals surface area contributed by atoms with Gasteiger partial charge in [-0.05, 0) is 18.2 Å². The molecular weight excluding hydrogens is 286 g/mol. The highest BCUT2D eigenvalue weighted by molar-refractivity contribution is 9.10. The molecule has 5 nitrogen and oxygen atoms in total. The molecule has 0 atom stereocenters. The van der Waals surface area contributed by atoms with Crippen LogP contribution in [0.5, 0.6) is 0 Å². The highest BCUT2D eigenvalue weighted by atomic mass is 79.9. The van der Waals surface area contributed by atoms with E-state index < -0.39 is 5.97 Å². The fraction of sp³-hybridized carbons (Fsp3) is 0.182. The number of halogens is 1. The standard InChI is InChI=1S/C11H10BrN3O2/c12-7-1-2-9-8(5-7)11(15-6-14-9)13-4-3-10(16)17/h1-2,5-6H,3-4H2,(H,16,17)(H,13,14,15)/p-1. The van der Waals surface area contributed by atoms with Crippen LogP contribution in [0.2, 0.25) is 0 Å². The van der Waals surface area contributed by atoms with Crippen LogP contribution in [0.25, 0.3) is 10.9 Å². The van der Waals surface area contributed by atoms with Crippen LogP contribution < -0.4 is 10.4 Å². The Morgan fingerprint density at radius 1 is 1.41 bits per heavy atom. The van der Waals surface area contributed by atoms with Crippen molar-refractivity contribution in [1.82, 2.24) is 9.97 Å². The molecule has 0 saturated heterocycles. The van der Waals surface area contributed by atoms with Crippen LogP contribution in [0.1, 0.15) is 6.42 Å². The molecule has 0 aliphatic carbocycles. The zero-order valence-corrected chi connectivity index (χ0v) is 10.4.